The van der Waals surface area contributed by atoms with Gasteiger partial charge in [-0.05, 0) is 23.8 Å². The zero-order valence-electron chi connectivity index (χ0n) is 13.1. The molecule has 0 bridgehead atoms. The van der Waals surface area contributed by atoms with E-state index in [1.54, 1.807) is 12.1 Å². The molecular weight excluding hydrogens is 348 g/mol. The van der Waals surface area contributed by atoms with E-state index in [0.29, 0.717) is 10.6 Å². The number of benzene rings is 2. The number of hydrogen-bond donors (Lipinski definition) is 0. The molecule has 1 fully saturated rings. The summed E-state index contributed by atoms with van der Waals surface area (Å²) in [5.74, 6) is -0.358. The minimum atomic E-state index is -0.358. The minimum absolute atomic E-state index is 0.331. The van der Waals surface area contributed by atoms with E-state index in [-0.39, 0.29) is 5.82 Å². The van der Waals surface area contributed by atoms with Crippen molar-refractivity contribution < 1.29 is 4.39 Å². The van der Waals surface area contributed by atoms with E-state index in [0.717, 1.165) is 43.3 Å². The average molecular weight is 366 g/mol. The summed E-state index contributed by atoms with van der Waals surface area (Å²) in [6.07, 6.45) is 1.50. The van der Waals surface area contributed by atoms with Crippen LogP contribution in [0.15, 0.2) is 47.6 Å². The predicted molar refractivity (Wildman–Crippen MR) is 97.3 cm³/mol. The van der Waals surface area contributed by atoms with Gasteiger partial charge in [-0.2, -0.15) is 5.10 Å². The minimum Gasteiger partial charge on any atom is -0.295 e. The maximum Gasteiger partial charge on any atom is 0.133 e. The Balaban J connectivity index is 1.56. The number of hydrogen-bond acceptors (Lipinski definition) is 3. The number of halogens is 3. The third kappa shape index (κ3) is 4.26. The van der Waals surface area contributed by atoms with Gasteiger partial charge in [0.2, 0.25) is 0 Å². The fourth-order valence-corrected chi connectivity index (χ4v) is 3.06. The summed E-state index contributed by atoms with van der Waals surface area (Å²) in [5, 5.41) is 7.47. The molecule has 1 saturated heterocycles. The van der Waals surface area contributed by atoms with E-state index in [1.165, 1.54) is 12.3 Å². The molecule has 1 aliphatic rings. The molecule has 1 heterocycles. The predicted octanol–water partition coefficient (Wildman–Crippen LogP) is 4.28. The molecule has 0 amide bonds. The molecule has 3 nitrogen and oxygen atoms in total. The molecule has 0 unspecified atom stereocenters. The first kappa shape index (κ1) is 17.2. The zero-order valence-corrected chi connectivity index (χ0v) is 14.6. The van der Waals surface area contributed by atoms with Crippen LogP contribution in [0.3, 0.4) is 0 Å². The van der Waals surface area contributed by atoms with Crippen molar-refractivity contribution in [3.63, 3.8) is 0 Å². The second kappa shape index (κ2) is 7.97. The molecule has 24 heavy (non-hydrogen) atoms. The van der Waals surface area contributed by atoms with Gasteiger partial charge in [-0.1, -0.05) is 47.5 Å². The van der Waals surface area contributed by atoms with Crippen LogP contribution in [-0.4, -0.2) is 42.3 Å². The summed E-state index contributed by atoms with van der Waals surface area (Å²) in [7, 11) is 0. The highest BCUT2D eigenvalue weighted by atomic mass is 35.5. The topological polar surface area (TPSA) is 18.8 Å². The number of piperazine rings is 1. The van der Waals surface area contributed by atoms with Crippen LogP contribution in [0.2, 0.25) is 10.0 Å². The summed E-state index contributed by atoms with van der Waals surface area (Å²) < 4.78 is 13.7. The SMILES string of the molecule is Fc1cccc(Cl)c1/C=N/N1CCN(Cc2ccccc2Cl)CC1. The van der Waals surface area contributed by atoms with Crippen molar-refractivity contribution in [2.75, 3.05) is 26.2 Å². The smallest absolute Gasteiger partial charge is 0.133 e. The first-order valence-electron chi connectivity index (χ1n) is 7.82. The lowest BCUT2D eigenvalue weighted by Gasteiger charge is -2.33. The van der Waals surface area contributed by atoms with Crippen molar-refractivity contribution >= 4 is 29.4 Å². The Labute approximate surface area is 151 Å². The Hall–Kier alpha value is -1.62. The van der Waals surface area contributed by atoms with E-state index >= 15 is 0 Å². The quantitative estimate of drug-likeness (QED) is 0.752. The maximum absolute atomic E-state index is 13.7. The first-order valence-corrected chi connectivity index (χ1v) is 8.58. The third-order valence-electron chi connectivity index (χ3n) is 4.05. The van der Waals surface area contributed by atoms with Crippen LogP contribution in [0.5, 0.6) is 0 Å². The summed E-state index contributed by atoms with van der Waals surface area (Å²) in [4.78, 5) is 2.34. The monoisotopic (exact) mass is 365 g/mol. The second-order valence-electron chi connectivity index (χ2n) is 5.70. The molecule has 0 atom stereocenters. The molecule has 0 N–H and O–H groups in total. The molecule has 1 aliphatic heterocycles. The van der Waals surface area contributed by atoms with Gasteiger partial charge < -0.3 is 0 Å². The molecule has 3 rings (SSSR count). The fourth-order valence-electron chi connectivity index (χ4n) is 2.65. The Morgan fingerprint density at radius 3 is 2.38 bits per heavy atom. The van der Waals surface area contributed by atoms with Gasteiger partial charge in [0.25, 0.3) is 0 Å². The van der Waals surface area contributed by atoms with Crippen molar-refractivity contribution in [3.05, 3.63) is 69.5 Å². The van der Waals surface area contributed by atoms with Gasteiger partial charge in [0, 0.05) is 43.3 Å². The molecule has 0 aliphatic carbocycles. The van der Waals surface area contributed by atoms with E-state index in [9.17, 15) is 4.39 Å². The first-order chi connectivity index (χ1) is 11.6. The van der Waals surface area contributed by atoms with E-state index in [2.05, 4.69) is 10.0 Å². The number of nitrogens with zero attached hydrogens (tertiary/aromatic N) is 3. The van der Waals surface area contributed by atoms with Gasteiger partial charge in [-0.15, -0.1) is 0 Å². The van der Waals surface area contributed by atoms with Gasteiger partial charge in [0.1, 0.15) is 5.82 Å². The lowest BCUT2D eigenvalue weighted by molar-refractivity contribution is 0.131. The molecule has 6 heteroatoms. The summed E-state index contributed by atoms with van der Waals surface area (Å²) in [6.45, 7) is 4.16. The molecule has 0 aromatic heterocycles. The van der Waals surface area contributed by atoms with Crippen LogP contribution in [0.1, 0.15) is 11.1 Å². The average Bonchev–Trinajstić information content (AvgIpc) is 2.58. The maximum atomic E-state index is 13.7. The highest BCUT2D eigenvalue weighted by Gasteiger charge is 2.16. The normalized spacial score (nSPS) is 16.0. The molecule has 0 radical (unpaired) electrons. The van der Waals surface area contributed by atoms with E-state index in [1.807, 2.05) is 29.3 Å². The summed E-state index contributed by atoms with van der Waals surface area (Å²) >= 11 is 12.2. The van der Waals surface area contributed by atoms with Crippen LogP contribution < -0.4 is 0 Å². The van der Waals surface area contributed by atoms with Crippen molar-refractivity contribution in [3.8, 4) is 0 Å². The molecule has 126 valence electrons. The van der Waals surface area contributed by atoms with Crippen molar-refractivity contribution in [2.24, 2.45) is 5.10 Å². The van der Waals surface area contributed by atoms with Crippen molar-refractivity contribution in [1.29, 1.82) is 0 Å². The van der Waals surface area contributed by atoms with Gasteiger partial charge in [0.05, 0.1) is 11.2 Å². The van der Waals surface area contributed by atoms with Crippen LogP contribution in [-0.2, 0) is 6.54 Å². The molecule has 0 spiro atoms. The Kier molecular flexibility index (Phi) is 5.72. The fraction of sp³-hybridized carbons (Fsp3) is 0.278. The van der Waals surface area contributed by atoms with Crippen LogP contribution in [0, 0.1) is 5.82 Å². The Morgan fingerprint density at radius 2 is 1.67 bits per heavy atom. The summed E-state index contributed by atoms with van der Waals surface area (Å²) in [6, 6.07) is 12.5. The Morgan fingerprint density at radius 1 is 0.958 bits per heavy atom. The molecule has 2 aromatic carbocycles. The van der Waals surface area contributed by atoms with Crippen molar-refractivity contribution in [1.82, 2.24) is 9.91 Å². The second-order valence-corrected chi connectivity index (χ2v) is 6.52. The van der Waals surface area contributed by atoms with Gasteiger partial charge >= 0.3 is 0 Å². The Bertz CT molecular complexity index is 708. The summed E-state index contributed by atoms with van der Waals surface area (Å²) in [5.41, 5.74) is 1.46. The standard InChI is InChI=1S/C18H18Cl2FN3/c19-16-5-2-1-4-14(16)13-23-8-10-24(11-9-23)22-12-15-17(20)6-3-7-18(15)21/h1-7,12H,8-11,13H2/b22-12+. The van der Waals surface area contributed by atoms with Crippen molar-refractivity contribution in [2.45, 2.75) is 6.54 Å². The van der Waals surface area contributed by atoms with Crippen LogP contribution in [0.4, 0.5) is 4.39 Å². The van der Waals surface area contributed by atoms with Gasteiger partial charge in [-0.3, -0.25) is 9.91 Å². The lowest BCUT2D eigenvalue weighted by Crippen LogP contribution is -2.43. The lowest BCUT2D eigenvalue weighted by atomic mass is 10.2. The van der Waals surface area contributed by atoms with Gasteiger partial charge in [0.15, 0.2) is 0 Å². The molecular formula is C18H18Cl2FN3. The number of hydrazone groups is 1. The largest absolute Gasteiger partial charge is 0.295 e. The van der Waals surface area contributed by atoms with Crippen LogP contribution in [0.25, 0.3) is 0 Å². The van der Waals surface area contributed by atoms with E-state index < -0.39 is 0 Å². The highest BCUT2D eigenvalue weighted by Crippen LogP contribution is 2.19. The zero-order chi connectivity index (χ0) is 16.9. The number of rotatable bonds is 4. The third-order valence-corrected chi connectivity index (χ3v) is 4.75. The molecule has 0 saturated carbocycles. The van der Waals surface area contributed by atoms with Crippen LogP contribution >= 0.6 is 23.2 Å². The van der Waals surface area contributed by atoms with E-state index in [4.69, 9.17) is 23.2 Å². The molecule has 2 aromatic rings. The van der Waals surface area contributed by atoms with Gasteiger partial charge in [-0.25, -0.2) is 4.39 Å². The highest BCUT2D eigenvalue weighted by molar-refractivity contribution is 6.33.